The van der Waals surface area contributed by atoms with Crippen LogP contribution in [-0.4, -0.2) is 28.9 Å². The van der Waals surface area contributed by atoms with Crippen LogP contribution in [0.3, 0.4) is 0 Å². The quantitative estimate of drug-likeness (QED) is 0.764. The topological polar surface area (TPSA) is 58.6 Å². The second-order valence-corrected chi connectivity index (χ2v) is 5.14. The number of alkyl carbamates (subject to hydrolysis) is 1. The first-order valence-electron chi connectivity index (χ1n) is 5.94. The number of hydrogen-bond acceptors (Lipinski definition) is 3. The highest BCUT2D eigenvalue weighted by Gasteiger charge is 2.20. The monoisotopic (exact) mass is 231 g/mol. The molecule has 2 N–H and O–H groups in total. The van der Waals surface area contributed by atoms with Crippen molar-refractivity contribution in [1.82, 2.24) is 5.32 Å². The normalized spacial score (nSPS) is 15.4. The third-order valence-electron chi connectivity index (χ3n) is 2.18. The van der Waals surface area contributed by atoms with Crippen molar-refractivity contribution in [3.05, 3.63) is 0 Å². The first kappa shape index (κ1) is 15.2. The lowest BCUT2D eigenvalue weighted by molar-refractivity contribution is 0.0427. The van der Waals surface area contributed by atoms with Crippen molar-refractivity contribution in [3.8, 4) is 0 Å². The van der Waals surface area contributed by atoms with E-state index in [2.05, 4.69) is 12.2 Å². The van der Waals surface area contributed by atoms with Crippen molar-refractivity contribution < 1.29 is 14.6 Å². The van der Waals surface area contributed by atoms with E-state index in [0.29, 0.717) is 6.42 Å². The van der Waals surface area contributed by atoms with Crippen LogP contribution in [0.2, 0.25) is 0 Å². The van der Waals surface area contributed by atoms with E-state index in [4.69, 9.17) is 4.74 Å². The van der Waals surface area contributed by atoms with Gasteiger partial charge < -0.3 is 15.2 Å². The molecule has 0 aromatic carbocycles. The Hall–Kier alpha value is -0.770. The summed E-state index contributed by atoms with van der Waals surface area (Å²) in [6.07, 6.45) is 1.72. The highest BCUT2D eigenvalue weighted by molar-refractivity contribution is 5.68. The van der Waals surface area contributed by atoms with Gasteiger partial charge in [-0.05, 0) is 34.1 Å². The molecule has 4 heteroatoms. The predicted octanol–water partition coefficient (Wildman–Crippen LogP) is 2.45. The van der Waals surface area contributed by atoms with Gasteiger partial charge in [0, 0.05) is 0 Å². The Balaban J connectivity index is 3.94. The highest BCUT2D eigenvalue weighted by Crippen LogP contribution is 2.08. The third-order valence-corrected chi connectivity index (χ3v) is 2.18. The van der Waals surface area contributed by atoms with Gasteiger partial charge in [0.25, 0.3) is 0 Å². The maximum absolute atomic E-state index is 11.4. The molecule has 4 nitrogen and oxygen atoms in total. The summed E-state index contributed by atoms with van der Waals surface area (Å²) < 4.78 is 5.10. The zero-order valence-corrected chi connectivity index (χ0v) is 11.0. The van der Waals surface area contributed by atoms with Gasteiger partial charge in [-0.15, -0.1) is 0 Å². The number of nitrogens with one attached hydrogen (secondary N) is 1. The summed E-state index contributed by atoms with van der Waals surface area (Å²) in [4.78, 5) is 11.4. The number of aliphatic hydroxyl groups excluding tert-OH is 1. The van der Waals surface area contributed by atoms with Crippen LogP contribution in [-0.2, 0) is 4.74 Å². The molecular formula is C12H25NO3. The number of hydrogen-bond donors (Lipinski definition) is 2. The lowest BCUT2D eigenvalue weighted by Crippen LogP contribution is -2.43. The molecule has 0 bridgehead atoms. The van der Waals surface area contributed by atoms with Crippen LogP contribution in [0.25, 0.3) is 0 Å². The SMILES string of the molecule is CCCC[C@@H](O)[C@H](C)NC(=O)OC(C)(C)C. The standard InChI is InChI=1S/C12H25NO3/c1-6-7-8-10(14)9(2)13-11(15)16-12(3,4)5/h9-10,14H,6-8H2,1-5H3,(H,13,15)/t9-,10+/m0/s1. The minimum Gasteiger partial charge on any atom is -0.444 e. The summed E-state index contributed by atoms with van der Waals surface area (Å²) in [5, 5.41) is 12.4. The molecule has 0 unspecified atom stereocenters. The van der Waals surface area contributed by atoms with Crippen LogP contribution in [0, 0.1) is 0 Å². The van der Waals surface area contributed by atoms with E-state index < -0.39 is 17.8 Å². The molecule has 2 atom stereocenters. The van der Waals surface area contributed by atoms with Crippen molar-refractivity contribution in [1.29, 1.82) is 0 Å². The maximum atomic E-state index is 11.4. The van der Waals surface area contributed by atoms with E-state index in [1.54, 1.807) is 6.92 Å². The van der Waals surface area contributed by atoms with Crippen LogP contribution in [0.4, 0.5) is 4.79 Å². The summed E-state index contributed by atoms with van der Waals surface area (Å²) in [5.74, 6) is 0. The molecule has 0 rings (SSSR count). The van der Waals surface area contributed by atoms with Gasteiger partial charge in [0.15, 0.2) is 0 Å². The molecule has 0 aliphatic heterocycles. The van der Waals surface area contributed by atoms with Gasteiger partial charge in [-0.2, -0.15) is 0 Å². The van der Waals surface area contributed by atoms with E-state index in [1.807, 2.05) is 20.8 Å². The zero-order chi connectivity index (χ0) is 12.8. The van der Waals surface area contributed by atoms with Gasteiger partial charge >= 0.3 is 6.09 Å². The lowest BCUT2D eigenvalue weighted by atomic mass is 10.1. The number of rotatable bonds is 5. The molecule has 96 valence electrons. The molecule has 16 heavy (non-hydrogen) atoms. The number of ether oxygens (including phenoxy) is 1. The molecule has 0 heterocycles. The molecule has 0 saturated carbocycles. The average Bonchev–Trinajstić information content (AvgIpc) is 2.10. The fourth-order valence-electron chi connectivity index (χ4n) is 1.25. The van der Waals surface area contributed by atoms with Crippen LogP contribution in [0.5, 0.6) is 0 Å². The van der Waals surface area contributed by atoms with E-state index in [1.165, 1.54) is 0 Å². The van der Waals surface area contributed by atoms with Gasteiger partial charge in [0.1, 0.15) is 5.60 Å². The van der Waals surface area contributed by atoms with E-state index in [9.17, 15) is 9.90 Å². The van der Waals surface area contributed by atoms with E-state index in [-0.39, 0.29) is 6.04 Å². The van der Waals surface area contributed by atoms with E-state index >= 15 is 0 Å². The van der Waals surface area contributed by atoms with Gasteiger partial charge in [-0.1, -0.05) is 19.8 Å². The molecule has 1 amide bonds. The molecule has 0 spiro atoms. The van der Waals surface area contributed by atoms with Crippen LogP contribution in [0.15, 0.2) is 0 Å². The molecular weight excluding hydrogens is 206 g/mol. The van der Waals surface area contributed by atoms with Gasteiger partial charge in [-0.3, -0.25) is 0 Å². The average molecular weight is 231 g/mol. The number of carbonyl (C=O) groups excluding carboxylic acids is 1. The predicted molar refractivity (Wildman–Crippen MR) is 64.4 cm³/mol. The van der Waals surface area contributed by atoms with Crippen molar-refractivity contribution in [2.45, 2.75) is 71.6 Å². The molecule has 0 aliphatic carbocycles. The number of aliphatic hydroxyl groups is 1. The largest absolute Gasteiger partial charge is 0.444 e. The minimum absolute atomic E-state index is 0.276. The molecule has 0 aromatic heterocycles. The van der Waals surface area contributed by atoms with Crippen LogP contribution in [0.1, 0.15) is 53.9 Å². The summed E-state index contributed by atoms with van der Waals surface area (Å²) in [6, 6.07) is -0.276. The molecule has 0 saturated heterocycles. The number of carbonyl (C=O) groups is 1. The Morgan fingerprint density at radius 2 is 2.00 bits per heavy atom. The third kappa shape index (κ3) is 7.51. The first-order valence-corrected chi connectivity index (χ1v) is 5.94. The molecule has 0 fully saturated rings. The Morgan fingerprint density at radius 3 is 2.44 bits per heavy atom. The zero-order valence-electron chi connectivity index (χ0n) is 11.0. The summed E-state index contributed by atoms with van der Waals surface area (Å²) in [7, 11) is 0. The van der Waals surface area contributed by atoms with Crippen molar-refractivity contribution in [2.75, 3.05) is 0 Å². The van der Waals surface area contributed by atoms with Crippen LogP contribution < -0.4 is 5.32 Å². The first-order chi connectivity index (χ1) is 7.26. The highest BCUT2D eigenvalue weighted by atomic mass is 16.6. The molecule has 0 radical (unpaired) electrons. The smallest absolute Gasteiger partial charge is 0.407 e. The maximum Gasteiger partial charge on any atom is 0.407 e. The van der Waals surface area contributed by atoms with Gasteiger partial charge in [0.2, 0.25) is 0 Å². The van der Waals surface area contributed by atoms with Crippen molar-refractivity contribution in [2.24, 2.45) is 0 Å². The number of amides is 1. The molecule has 0 aliphatic rings. The fourth-order valence-corrected chi connectivity index (χ4v) is 1.25. The second-order valence-electron chi connectivity index (χ2n) is 5.14. The van der Waals surface area contributed by atoms with Crippen LogP contribution >= 0.6 is 0 Å². The van der Waals surface area contributed by atoms with E-state index in [0.717, 1.165) is 12.8 Å². The summed E-state index contributed by atoms with van der Waals surface area (Å²) in [5.41, 5.74) is -0.502. The Morgan fingerprint density at radius 1 is 1.44 bits per heavy atom. The second kappa shape index (κ2) is 6.74. The minimum atomic E-state index is -0.507. The van der Waals surface area contributed by atoms with Crippen molar-refractivity contribution in [3.63, 3.8) is 0 Å². The number of unbranched alkanes of at least 4 members (excludes halogenated alkanes) is 1. The Bertz CT molecular complexity index is 211. The summed E-state index contributed by atoms with van der Waals surface area (Å²) >= 11 is 0. The Kier molecular flexibility index (Phi) is 6.41. The van der Waals surface area contributed by atoms with Gasteiger partial charge in [0.05, 0.1) is 12.1 Å². The Labute approximate surface area is 98.4 Å². The fraction of sp³-hybridized carbons (Fsp3) is 0.917. The van der Waals surface area contributed by atoms with Gasteiger partial charge in [-0.25, -0.2) is 4.79 Å². The lowest BCUT2D eigenvalue weighted by Gasteiger charge is -2.24. The molecule has 0 aromatic rings. The van der Waals surface area contributed by atoms with Crippen molar-refractivity contribution >= 4 is 6.09 Å². The summed E-state index contributed by atoms with van der Waals surface area (Å²) in [6.45, 7) is 9.28.